The fourth-order valence-electron chi connectivity index (χ4n) is 2.36. The van der Waals surface area contributed by atoms with Crippen LogP contribution in [-0.4, -0.2) is 24.8 Å². The van der Waals surface area contributed by atoms with Crippen LogP contribution in [0.25, 0.3) is 6.08 Å². The quantitative estimate of drug-likeness (QED) is 0.769. The van der Waals surface area contributed by atoms with Crippen molar-refractivity contribution in [2.45, 2.75) is 13.3 Å². The third kappa shape index (κ3) is 4.46. The Balaban J connectivity index is 1.81. The van der Waals surface area contributed by atoms with Crippen molar-refractivity contribution in [1.82, 2.24) is 5.32 Å². The largest absolute Gasteiger partial charge is 0.493 e. The summed E-state index contributed by atoms with van der Waals surface area (Å²) in [5, 5.41) is 3.37. The van der Waals surface area contributed by atoms with Gasteiger partial charge in [-0.3, -0.25) is 4.79 Å². The molecule has 0 spiro atoms. The minimum absolute atomic E-state index is 0.156. The molecule has 1 aliphatic rings. The van der Waals surface area contributed by atoms with E-state index in [1.54, 1.807) is 7.11 Å². The maximum Gasteiger partial charge on any atom is 0.264 e. The first-order valence-electron chi connectivity index (χ1n) is 8.35. The molecular weight excluding hydrogens is 348 g/mol. The minimum Gasteiger partial charge on any atom is -0.493 e. The summed E-state index contributed by atoms with van der Waals surface area (Å²) in [6, 6.07) is 15.1. The van der Waals surface area contributed by atoms with E-state index in [-0.39, 0.29) is 5.91 Å². The van der Waals surface area contributed by atoms with Crippen LogP contribution in [0.3, 0.4) is 0 Å². The molecule has 6 heteroatoms. The topological polar surface area (TPSA) is 59.9 Å². The van der Waals surface area contributed by atoms with Crippen LogP contribution in [0.4, 0.5) is 5.69 Å². The average Bonchev–Trinajstić information content (AvgIpc) is 3.00. The van der Waals surface area contributed by atoms with Crippen LogP contribution in [0.1, 0.15) is 18.9 Å². The third-order valence-corrected chi connectivity index (χ3v) is 4.49. The second kappa shape index (κ2) is 8.58. The maximum absolute atomic E-state index is 12.2. The molecule has 1 aliphatic heterocycles. The number of hydrogen-bond donors (Lipinski definition) is 1. The van der Waals surface area contributed by atoms with Gasteiger partial charge in [-0.2, -0.15) is 0 Å². The molecule has 0 aliphatic carbocycles. The van der Waals surface area contributed by atoms with Crippen LogP contribution in [0, 0.1) is 0 Å². The summed E-state index contributed by atoms with van der Waals surface area (Å²) >= 11 is 1.32. The number of methoxy groups -OCH3 is 1. The first-order valence-corrected chi connectivity index (χ1v) is 9.16. The highest BCUT2D eigenvalue weighted by Gasteiger charge is 2.23. The Kier molecular flexibility index (Phi) is 5.96. The molecule has 0 radical (unpaired) electrons. The minimum atomic E-state index is -0.156. The first-order chi connectivity index (χ1) is 12.7. The van der Waals surface area contributed by atoms with Gasteiger partial charge in [0.15, 0.2) is 16.7 Å². The maximum atomic E-state index is 12.2. The van der Waals surface area contributed by atoms with Gasteiger partial charge in [0.2, 0.25) is 0 Å². The number of ether oxygens (including phenoxy) is 2. The van der Waals surface area contributed by atoms with Crippen molar-refractivity contribution in [1.29, 1.82) is 0 Å². The smallest absolute Gasteiger partial charge is 0.264 e. The van der Waals surface area contributed by atoms with Gasteiger partial charge in [-0.1, -0.05) is 31.2 Å². The lowest BCUT2D eigenvalue weighted by Gasteiger charge is -2.10. The van der Waals surface area contributed by atoms with Crippen molar-refractivity contribution in [3.8, 4) is 11.5 Å². The van der Waals surface area contributed by atoms with Crippen molar-refractivity contribution in [2.75, 3.05) is 13.7 Å². The van der Waals surface area contributed by atoms with Gasteiger partial charge in [-0.05, 0) is 54.1 Å². The molecule has 3 rings (SSSR count). The highest BCUT2D eigenvalue weighted by molar-refractivity contribution is 8.18. The Hall–Kier alpha value is -2.73. The van der Waals surface area contributed by atoms with E-state index in [1.807, 2.05) is 61.5 Å². The average molecular weight is 368 g/mol. The monoisotopic (exact) mass is 368 g/mol. The van der Waals surface area contributed by atoms with Gasteiger partial charge < -0.3 is 14.8 Å². The van der Waals surface area contributed by atoms with Gasteiger partial charge in [-0.25, -0.2) is 4.99 Å². The number of amides is 1. The van der Waals surface area contributed by atoms with Gasteiger partial charge in [-0.15, -0.1) is 0 Å². The lowest BCUT2D eigenvalue weighted by Crippen LogP contribution is -2.19. The van der Waals surface area contributed by atoms with Crippen molar-refractivity contribution in [3.05, 3.63) is 59.0 Å². The van der Waals surface area contributed by atoms with E-state index >= 15 is 0 Å². The Bertz CT molecular complexity index is 847. The molecule has 134 valence electrons. The Morgan fingerprint density at radius 3 is 2.69 bits per heavy atom. The number of amidine groups is 1. The SMILES string of the molecule is CCCOc1cc(/C=C2\SC(=Nc3ccccc3)NC2=O)ccc1OC. The lowest BCUT2D eigenvalue weighted by molar-refractivity contribution is -0.115. The van der Waals surface area contributed by atoms with Gasteiger partial charge >= 0.3 is 0 Å². The molecule has 2 aromatic carbocycles. The van der Waals surface area contributed by atoms with Crippen molar-refractivity contribution >= 4 is 34.6 Å². The van der Waals surface area contributed by atoms with E-state index in [9.17, 15) is 4.79 Å². The summed E-state index contributed by atoms with van der Waals surface area (Å²) in [5.74, 6) is 1.19. The Morgan fingerprint density at radius 1 is 1.15 bits per heavy atom. The number of rotatable bonds is 6. The van der Waals surface area contributed by atoms with Crippen LogP contribution in [-0.2, 0) is 4.79 Å². The molecule has 2 aromatic rings. The molecule has 5 nitrogen and oxygen atoms in total. The summed E-state index contributed by atoms with van der Waals surface area (Å²) in [4.78, 5) is 17.3. The number of carbonyl (C=O) groups is 1. The number of benzene rings is 2. The molecule has 1 heterocycles. The molecule has 0 aromatic heterocycles. The molecule has 0 bridgehead atoms. The van der Waals surface area contributed by atoms with E-state index in [0.29, 0.717) is 28.2 Å². The van der Waals surface area contributed by atoms with Crippen molar-refractivity contribution in [2.24, 2.45) is 4.99 Å². The fraction of sp³-hybridized carbons (Fsp3) is 0.200. The van der Waals surface area contributed by atoms with Gasteiger partial charge in [0.25, 0.3) is 5.91 Å². The zero-order chi connectivity index (χ0) is 18.4. The molecule has 1 fully saturated rings. The molecule has 0 saturated carbocycles. The second-order valence-corrected chi connectivity index (χ2v) is 6.61. The molecule has 1 N–H and O–H groups in total. The van der Waals surface area contributed by atoms with Crippen LogP contribution >= 0.6 is 11.8 Å². The van der Waals surface area contributed by atoms with Gasteiger partial charge in [0.1, 0.15) is 0 Å². The van der Waals surface area contributed by atoms with Crippen molar-refractivity contribution in [3.63, 3.8) is 0 Å². The summed E-state index contributed by atoms with van der Waals surface area (Å²) in [7, 11) is 1.61. The predicted molar refractivity (Wildman–Crippen MR) is 106 cm³/mol. The van der Waals surface area contributed by atoms with E-state index in [2.05, 4.69) is 10.3 Å². The summed E-state index contributed by atoms with van der Waals surface area (Å²) < 4.78 is 11.0. The summed E-state index contributed by atoms with van der Waals surface area (Å²) in [6.07, 6.45) is 2.73. The number of para-hydroxylation sites is 1. The predicted octanol–water partition coefficient (Wildman–Crippen LogP) is 4.38. The first kappa shape index (κ1) is 18.1. The Labute approximate surface area is 157 Å². The number of nitrogens with zero attached hydrogens (tertiary/aromatic N) is 1. The zero-order valence-electron chi connectivity index (χ0n) is 14.7. The highest BCUT2D eigenvalue weighted by atomic mass is 32.2. The van der Waals surface area contributed by atoms with E-state index in [4.69, 9.17) is 9.47 Å². The summed E-state index contributed by atoms with van der Waals surface area (Å²) in [5.41, 5.74) is 1.67. The molecule has 0 unspecified atom stereocenters. The number of nitrogens with one attached hydrogen (secondary N) is 1. The second-order valence-electron chi connectivity index (χ2n) is 5.58. The van der Waals surface area contributed by atoms with Gasteiger partial charge in [0, 0.05) is 0 Å². The highest BCUT2D eigenvalue weighted by Crippen LogP contribution is 2.32. The normalized spacial score (nSPS) is 16.8. The fourth-order valence-corrected chi connectivity index (χ4v) is 3.20. The number of hydrogen-bond acceptors (Lipinski definition) is 5. The summed E-state index contributed by atoms with van der Waals surface area (Å²) in [6.45, 7) is 2.66. The molecule has 1 saturated heterocycles. The zero-order valence-corrected chi connectivity index (χ0v) is 15.5. The van der Waals surface area contributed by atoms with E-state index in [0.717, 1.165) is 17.7 Å². The number of thioether (sulfide) groups is 1. The standard InChI is InChI=1S/C20H20N2O3S/c1-3-11-25-17-12-14(9-10-16(17)24-2)13-18-19(23)22-20(26-18)21-15-7-5-4-6-8-15/h4-10,12-13H,3,11H2,1-2H3,(H,21,22,23)/b18-13-. The molecule has 26 heavy (non-hydrogen) atoms. The van der Waals surface area contributed by atoms with Crippen molar-refractivity contribution < 1.29 is 14.3 Å². The lowest BCUT2D eigenvalue weighted by atomic mass is 10.2. The molecule has 1 amide bonds. The van der Waals surface area contributed by atoms with E-state index in [1.165, 1.54) is 11.8 Å². The molecular formula is C20H20N2O3S. The van der Waals surface area contributed by atoms with Gasteiger partial charge in [0.05, 0.1) is 24.3 Å². The van der Waals surface area contributed by atoms with Crippen LogP contribution in [0.2, 0.25) is 0 Å². The third-order valence-electron chi connectivity index (χ3n) is 3.58. The molecule has 0 atom stereocenters. The number of aliphatic imine (C=N–C) groups is 1. The number of carbonyl (C=O) groups excluding carboxylic acids is 1. The van der Waals surface area contributed by atoms with Crippen LogP contribution < -0.4 is 14.8 Å². The van der Waals surface area contributed by atoms with Crippen LogP contribution in [0.15, 0.2) is 58.4 Å². The Morgan fingerprint density at radius 2 is 1.96 bits per heavy atom. The van der Waals surface area contributed by atoms with Crippen LogP contribution in [0.5, 0.6) is 11.5 Å². The van der Waals surface area contributed by atoms with E-state index < -0.39 is 0 Å².